The Morgan fingerprint density at radius 3 is 2.75 bits per heavy atom. The number of likely N-dealkylation sites (tertiary alicyclic amines) is 1. The summed E-state index contributed by atoms with van der Waals surface area (Å²) in [6.07, 6.45) is 4.56. The number of hydrogen-bond acceptors (Lipinski definition) is 4. The highest BCUT2D eigenvalue weighted by molar-refractivity contribution is 5.97. The van der Waals surface area contributed by atoms with E-state index in [1.807, 2.05) is 4.90 Å². The van der Waals surface area contributed by atoms with Gasteiger partial charge in [-0.3, -0.25) is 9.59 Å². The number of rotatable bonds is 2. The second-order valence-corrected chi connectivity index (χ2v) is 5.24. The Labute approximate surface area is 117 Å². The smallest absolute Gasteiger partial charge is 0.257 e. The first-order valence-electron chi connectivity index (χ1n) is 7.10. The van der Waals surface area contributed by atoms with Gasteiger partial charge in [0.25, 0.3) is 5.91 Å². The van der Waals surface area contributed by atoms with Gasteiger partial charge in [-0.1, -0.05) is 0 Å². The summed E-state index contributed by atoms with van der Waals surface area (Å²) in [6.45, 7) is 3.75. The average Bonchev–Trinajstić information content (AvgIpc) is 3.18. The summed E-state index contributed by atoms with van der Waals surface area (Å²) in [5, 5.41) is 3.23. The normalized spacial score (nSPS) is 23.1. The average molecular weight is 277 g/mol. The van der Waals surface area contributed by atoms with Crippen LogP contribution in [0, 0.1) is 0 Å². The molecule has 1 unspecified atom stereocenters. The zero-order valence-corrected chi connectivity index (χ0v) is 11.4. The fraction of sp³-hybridized carbons (Fsp3) is 0.571. The number of amides is 2. The molecule has 0 bridgehead atoms. The molecule has 3 heterocycles. The molecule has 0 aromatic carbocycles. The second kappa shape index (κ2) is 5.66. The topological polar surface area (TPSA) is 65.8 Å². The van der Waals surface area contributed by atoms with Crippen LogP contribution in [0.25, 0.3) is 0 Å². The maximum atomic E-state index is 12.6. The molecule has 6 nitrogen and oxygen atoms in total. The fourth-order valence-corrected chi connectivity index (χ4v) is 2.91. The number of furan rings is 1. The van der Waals surface area contributed by atoms with Crippen LogP contribution in [0.2, 0.25) is 0 Å². The maximum absolute atomic E-state index is 12.6. The van der Waals surface area contributed by atoms with Gasteiger partial charge in [0.15, 0.2) is 0 Å². The minimum atomic E-state index is -0.310. The van der Waals surface area contributed by atoms with Crippen molar-refractivity contribution in [1.29, 1.82) is 0 Å². The molecular weight excluding hydrogens is 258 g/mol. The lowest BCUT2D eigenvalue weighted by molar-refractivity contribution is -0.135. The predicted octanol–water partition coefficient (Wildman–Crippen LogP) is 0.316. The minimum Gasteiger partial charge on any atom is -0.472 e. The molecule has 0 spiro atoms. The Hall–Kier alpha value is -1.82. The van der Waals surface area contributed by atoms with E-state index in [9.17, 15) is 9.59 Å². The molecule has 0 radical (unpaired) electrons. The van der Waals surface area contributed by atoms with Crippen LogP contribution < -0.4 is 5.32 Å². The van der Waals surface area contributed by atoms with E-state index in [1.165, 1.54) is 12.5 Å². The van der Waals surface area contributed by atoms with Gasteiger partial charge in [0, 0.05) is 32.7 Å². The number of hydrogen-bond donors (Lipinski definition) is 1. The van der Waals surface area contributed by atoms with Crippen molar-refractivity contribution < 1.29 is 14.0 Å². The van der Waals surface area contributed by atoms with Crippen LogP contribution in [-0.2, 0) is 4.79 Å². The van der Waals surface area contributed by atoms with Gasteiger partial charge in [-0.15, -0.1) is 0 Å². The Morgan fingerprint density at radius 2 is 2.05 bits per heavy atom. The van der Waals surface area contributed by atoms with E-state index in [1.54, 1.807) is 11.0 Å². The third-order valence-electron chi connectivity index (χ3n) is 4.00. The molecule has 1 aromatic rings. The Morgan fingerprint density at radius 1 is 1.25 bits per heavy atom. The summed E-state index contributed by atoms with van der Waals surface area (Å²) in [7, 11) is 0. The first-order valence-corrected chi connectivity index (χ1v) is 7.10. The summed E-state index contributed by atoms with van der Waals surface area (Å²) in [5.41, 5.74) is 0.519. The van der Waals surface area contributed by atoms with E-state index in [0.29, 0.717) is 12.1 Å². The van der Waals surface area contributed by atoms with Crippen molar-refractivity contribution in [3.05, 3.63) is 24.2 Å². The second-order valence-electron chi connectivity index (χ2n) is 5.24. The minimum absolute atomic E-state index is 0.0841. The molecule has 1 aromatic heterocycles. The van der Waals surface area contributed by atoms with Crippen LogP contribution in [-0.4, -0.2) is 60.4 Å². The first-order chi connectivity index (χ1) is 9.77. The van der Waals surface area contributed by atoms with E-state index in [2.05, 4.69) is 5.32 Å². The number of piperazine rings is 1. The molecule has 108 valence electrons. The van der Waals surface area contributed by atoms with Crippen LogP contribution in [0.1, 0.15) is 23.2 Å². The highest BCUT2D eigenvalue weighted by Crippen LogP contribution is 2.22. The molecule has 2 fully saturated rings. The highest BCUT2D eigenvalue weighted by atomic mass is 16.3. The molecule has 2 aliphatic heterocycles. The van der Waals surface area contributed by atoms with Gasteiger partial charge in [-0.2, -0.15) is 0 Å². The third kappa shape index (κ3) is 2.43. The monoisotopic (exact) mass is 277 g/mol. The van der Waals surface area contributed by atoms with Crippen molar-refractivity contribution in [3.8, 4) is 0 Å². The molecule has 2 aliphatic rings. The van der Waals surface area contributed by atoms with Crippen LogP contribution in [0.3, 0.4) is 0 Å². The fourth-order valence-electron chi connectivity index (χ4n) is 2.91. The van der Waals surface area contributed by atoms with Gasteiger partial charge in [0.1, 0.15) is 12.3 Å². The SMILES string of the molecule is O=C(C1CCCN1C(=O)c1ccoc1)N1CCNCC1. The van der Waals surface area contributed by atoms with E-state index in [4.69, 9.17) is 4.42 Å². The summed E-state index contributed by atoms with van der Waals surface area (Å²) in [6, 6.07) is 1.34. The number of carbonyl (C=O) groups is 2. The van der Waals surface area contributed by atoms with Crippen molar-refractivity contribution in [2.24, 2.45) is 0 Å². The van der Waals surface area contributed by atoms with Crippen LogP contribution in [0.4, 0.5) is 0 Å². The lowest BCUT2D eigenvalue weighted by Crippen LogP contribution is -2.53. The van der Waals surface area contributed by atoms with E-state index in [-0.39, 0.29) is 17.9 Å². The van der Waals surface area contributed by atoms with Gasteiger partial charge in [0.2, 0.25) is 5.91 Å². The third-order valence-corrected chi connectivity index (χ3v) is 4.00. The summed E-state index contributed by atoms with van der Waals surface area (Å²) in [5.74, 6) is -0.0226. The van der Waals surface area contributed by atoms with Crippen molar-refractivity contribution in [2.75, 3.05) is 32.7 Å². The Bertz CT molecular complexity index is 480. The molecule has 0 aliphatic carbocycles. The summed E-state index contributed by atoms with van der Waals surface area (Å²) < 4.78 is 4.96. The van der Waals surface area contributed by atoms with Crippen LogP contribution in [0.15, 0.2) is 23.0 Å². The predicted molar refractivity (Wildman–Crippen MR) is 72.2 cm³/mol. The standard InChI is InChI=1S/C14H19N3O3/c18-13(11-3-9-20-10-11)17-6-1-2-12(17)14(19)16-7-4-15-5-8-16/h3,9-10,12,15H,1-2,4-8H2. The Balaban J connectivity index is 1.71. The van der Waals surface area contributed by atoms with Crippen molar-refractivity contribution in [1.82, 2.24) is 15.1 Å². The molecule has 2 saturated heterocycles. The Kier molecular flexibility index (Phi) is 3.73. The van der Waals surface area contributed by atoms with Gasteiger partial charge in [-0.05, 0) is 18.9 Å². The maximum Gasteiger partial charge on any atom is 0.257 e. The molecule has 0 saturated carbocycles. The lowest BCUT2D eigenvalue weighted by Gasteiger charge is -2.32. The van der Waals surface area contributed by atoms with Crippen LogP contribution >= 0.6 is 0 Å². The van der Waals surface area contributed by atoms with Gasteiger partial charge >= 0.3 is 0 Å². The molecule has 2 amide bonds. The largest absolute Gasteiger partial charge is 0.472 e. The number of carbonyl (C=O) groups excluding carboxylic acids is 2. The molecule has 20 heavy (non-hydrogen) atoms. The van der Waals surface area contributed by atoms with Gasteiger partial charge in [-0.25, -0.2) is 0 Å². The van der Waals surface area contributed by atoms with Gasteiger partial charge < -0.3 is 19.5 Å². The lowest BCUT2D eigenvalue weighted by atomic mass is 10.1. The van der Waals surface area contributed by atoms with Crippen molar-refractivity contribution >= 4 is 11.8 Å². The first kappa shape index (κ1) is 13.2. The number of nitrogens with zero attached hydrogens (tertiary/aromatic N) is 2. The molecule has 6 heteroatoms. The quantitative estimate of drug-likeness (QED) is 0.845. The molecule has 3 rings (SSSR count). The van der Waals surface area contributed by atoms with Crippen molar-refractivity contribution in [2.45, 2.75) is 18.9 Å². The zero-order valence-electron chi connectivity index (χ0n) is 11.4. The van der Waals surface area contributed by atoms with E-state index < -0.39 is 0 Å². The molecule has 1 atom stereocenters. The van der Waals surface area contributed by atoms with Crippen molar-refractivity contribution in [3.63, 3.8) is 0 Å². The summed E-state index contributed by atoms with van der Waals surface area (Å²) in [4.78, 5) is 28.5. The summed E-state index contributed by atoms with van der Waals surface area (Å²) >= 11 is 0. The number of nitrogens with one attached hydrogen (secondary N) is 1. The van der Waals surface area contributed by atoms with Gasteiger partial charge in [0.05, 0.1) is 11.8 Å². The molecule has 1 N–H and O–H groups in total. The zero-order chi connectivity index (χ0) is 13.9. The van der Waals surface area contributed by atoms with E-state index in [0.717, 1.165) is 39.0 Å². The molecular formula is C14H19N3O3. The van der Waals surface area contributed by atoms with E-state index >= 15 is 0 Å². The van der Waals surface area contributed by atoms with Crippen LogP contribution in [0.5, 0.6) is 0 Å². The highest BCUT2D eigenvalue weighted by Gasteiger charge is 2.37.